The zero-order valence-corrected chi connectivity index (χ0v) is 7.04. The van der Waals surface area contributed by atoms with Crippen molar-refractivity contribution in [2.45, 2.75) is 0 Å². The number of anilines is 1. The molecule has 1 rings (SSSR count). The maximum Gasteiger partial charge on any atom is 0.184 e. The first kappa shape index (κ1) is 8.00. The summed E-state index contributed by atoms with van der Waals surface area (Å²) in [7, 11) is 0. The van der Waals surface area contributed by atoms with Crippen LogP contribution in [0.5, 0.6) is 5.75 Å². The molecule has 5 heteroatoms. The highest BCUT2D eigenvalue weighted by molar-refractivity contribution is 9.10. The lowest BCUT2D eigenvalue weighted by Crippen LogP contribution is -1.90. The average molecular weight is 217 g/mol. The van der Waals surface area contributed by atoms with E-state index in [2.05, 4.69) is 26.1 Å². The molecule has 1 aromatic carbocycles. The van der Waals surface area contributed by atoms with Crippen molar-refractivity contribution in [1.82, 2.24) is 0 Å². The van der Waals surface area contributed by atoms with Gasteiger partial charge in [-0.05, 0) is 18.2 Å². The van der Waals surface area contributed by atoms with Crippen molar-refractivity contribution in [3.05, 3.63) is 27.6 Å². The molecule has 11 heavy (non-hydrogen) atoms. The third-order valence-electron chi connectivity index (χ3n) is 1.11. The monoisotopic (exact) mass is 216 g/mol. The summed E-state index contributed by atoms with van der Waals surface area (Å²) in [6, 6.07) is 4.89. The Bertz CT molecular complexity index is 277. The topological polar surface area (TPSA) is 64.7 Å². The first-order valence-electron chi connectivity index (χ1n) is 2.78. The van der Waals surface area contributed by atoms with Gasteiger partial charge < -0.3 is 10.6 Å². The van der Waals surface area contributed by atoms with Crippen molar-refractivity contribution < 1.29 is 4.84 Å². The SMILES string of the molecule is Nc1cc(Br)ccc1ON=O. The third-order valence-corrected chi connectivity index (χ3v) is 1.60. The van der Waals surface area contributed by atoms with Gasteiger partial charge in [0.1, 0.15) is 0 Å². The van der Waals surface area contributed by atoms with Gasteiger partial charge in [-0.15, -0.1) is 4.91 Å². The molecule has 1 aromatic rings. The van der Waals surface area contributed by atoms with E-state index < -0.39 is 0 Å². The number of nitrogens with two attached hydrogens (primary N) is 1. The molecule has 2 N–H and O–H groups in total. The predicted molar refractivity (Wildman–Crippen MR) is 45.0 cm³/mol. The van der Waals surface area contributed by atoms with Crippen molar-refractivity contribution in [1.29, 1.82) is 0 Å². The Morgan fingerprint density at radius 2 is 2.27 bits per heavy atom. The molecule has 0 saturated carbocycles. The van der Waals surface area contributed by atoms with Gasteiger partial charge in [-0.1, -0.05) is 15.9 Å². The van der Waals surface area contributed by atoms with E-state index in [1.54, 1.807) is 18.2 Å². The van der Waals surface area contributed by atoms with Crippen molar-refractivity contribution in [2.24, 2.45) is 5.34 Å². The molecule has 0 amide bonds. The zero-order chi connectivity index (χ0) is 8.27. The smallest absolute Gasteiger partial charge is 0.184 e. The number of benzene rings is 1. The molecule has 0 aliphatic heterocycles. The lowest BCUT2D eigenvalue weighted by atomic mass is 10.3. The van der Waals surface area contributed by atoms with Crippen LogP contribution in [0.3, 0.4) is 0 Å². The van der Waals surface area contributed by atoms with Gasteiger partial charge in [0.05, 0.1) is 5.69 Å². The molecule has 0 aromatic heterocycles. The molecule has 4 nitrogen and oxygen atoms in total. The molecule has 0 saturated heterocycles. The number of halogens is 1. The molecule has 0 radical (unpaired) electrons. The van der Waals surface area contributed by atoms with E-state index in [0.29, 0.717) is 5.69 Å². The summed E-state index contributed by atoms with van der Waals surface area (Å²) in [5.74, 6) is 0.267. The zero-order valence-electron chi connectivity index (χ0n) is 5.45. The quantitative estimate of drug-likeness (QED) is 0.468. The molecule has 0 heterocycles. The summed E-state index contributed by atoms with van der Waals surface area (Å²) < 4.78 is 0.827. The summed E-state index contributed by atoms with van der Waals surface area (Å²) in [4.78, 5) is 14.0. The molecule has 0 fully saturated rings. The second-order valence-electron chi connectivity index (χ2n) is 1.85. The Morgan fingerprint density at radius 1 is 1.55 bits per heavy atom. The van der Waals surface area contributed by atoms with Gasteiger partial charge in [0.25, 0.3) is 0 Å². The van der Waals surface area contributed by atoms with E-state index in [1.165, 1.54) is 0 Å². The van der Waals surface area contributed by atoms with Crippen LogP contribution in [-0.2, 0) is 0 Å². The van der Waals surface area contributed by atoms with Crippen molar-refractivity contribution in [3.63, 3.8) is 0 Å². The van der Waals surface area contributed by atoms with Gasteiger partial charge >= 0.3 is 0 Å². The molecule has 0 atom stereocenters. The Morgan fingerprint density at radius 3 is 2.82 bits per heavy atom. The van der Waals surface area contributed by atoms with Crippen LogP contribution in [0, 0.1) is 4.91 Å². The highest BCUT2D eigenvalue weighted by Crippen LogP contribution is 2.24. The molecule has 0 aliphatic rings. The molecule has 0 spiro atoms. The summed E-state index contributed by atoms with van der Waals surface area (Å²) in [5, 5.41) is 2.25. The van der Waals surface area contributed by atoms with E-state index >= 15 is 0 Å². The number of hydrogen-bond donors (Lipinski definition) is 1. The lowest BCUT2D eigenvalue weighted by molar-refractivity contribution is 0.336. The van der Waals surface area contributed by atoms with E-state index in [1.807, 2.05) is 0 Å². The fraction of sp³-hybridized carbons (Fsp3) is 0. The lowest BCUT2D eigenvalue weighted by Gasteiger charge is -1.99. The number of nitrogen functional groups attached to an aromatic ring is 1. The second kappa shape index (κ2) is 3.34. The van der Waals surface area contributed by atoms with Crippen LogP contribution >= 0.6 is 15.9 Å². The second-order valence-corrected chi connectivity index (χ2v) is 2.76. The molecular formula is C6H5BrN2O2. The minimum absolute atomic E-state index is 0.267. The highest BCUT2D eigenvalue weighted by Gasteiger charge is 1.99. The standard InChI is InChI=1S/C6H5BrN2O2/c7-4-1-2-6(11-9-10)5(8)3-4/h1-3H,8H2. The molecule has 0 unspecified atom stereocenters. The van der Waals surface area contributed by atoms with Gasteiger partial charge in [-0.2, -0.15) is 0 Å². The molecule has 0 aliphatic carbocycles. The normalized spacial score (nSPS) is 9.18. The fourth-order valence-corrected chi connectivity index (χ4v) is 1.02. The van der Waals surface area contributed by atoms with Crippen LogP contribution in [0.25, 0.3) is 0 Å². The summed E-state index contributed by atoms with van der Waals surface area (Å²) in [6.45, 7) is 0. The minimum Gasteiger partial charge on any atom is -0.396 e. The van der Waals surface area contributed by atoms with Crippen LogP contribution in [0.4, 0.5) is 5.69 Å². The number of rotatable bonds is 2. The van der Waals surface area contributed by atoms with Gasteiger partial charge in [0, 0.05) is 4.47 Å². The van der Waals surface area contributed by atoms with E-state index in [0.717, 1.165) is 4.47 Å². The maximum atomic E-state index is 9.67. The molecule has 0 bridgehead atoms. The first-order valence-corrected chi connectivity index (χ1v) is 3.58. The highest BCUT2D eigenvalue weighted by atomic mass is 79.9. The summed E-state index contributed by atoms with van der Waals surface area (Å²) >= 11 is 3.20. The minimum atomic E-state index is 0.267. The summed E-state index contributed by atoms with van der Waals surface area (Å²) in [6.07, 6.45) is 0. The third kappa shape index (κ3) is 1.91. The van der Waals surface area contributed by atoms with Crippen LogP contribution in [0.1, 0.15) is 0 Å². The number of nitrogens with zero attached hydrogens (tertiary/aromatic N) is 1. The maximum absolute atomic E-state index is 9.67. The molecular weight excluding hydrogens is 212 g/mol. The van der Waals surface area contributed by atoms with E-state index in [-0.39, 0.29) is 5.75 Å². The largest absolute Gasteiger partial charge is 0.396 e. The fourth-order valence-electron chi connectivity index (χ4n) is 0.643. The van der Waals surface area contributed by atoms with Gasteiger partial charge in [0.15, 0.2) is 11.1 Å². The van der Waals surface area contributed by atoms with Crippen LogP contribution in [-0.4, -0.2) is 0 Å². The Balaban J connectivity index is 2.98. The number of hydrogen-bond acceptors (Lipinski definition) is 4. The Labute approximate surface area is 71.4 Å². The van der Waals surface area contributed by atoms with Gasteiger partial charge in [-0.25, -0.2) is 0 Å². The average Bonchev–Trinajstić information content (AvgIpc) is 1.95. The summed E-state index contributed by atoms with van der Waals surface area (Å²) in [5.41, 5.74) is 5.83. The van der Waals surface area contributed by atoms with Crippen LogP contribution < -0.4 is 10.6 Å². The van der Waals surface area contributed by atoms with E-state index in [9.17, 15) is 4.91 Å². The van der Waals surface area contributed by atoms with Crippen LogP contribution in [0.2, 0.25) is 0 Å². The van der Waals surface area contributed by atoms with Crippen molar-refractivity contribution in [3.8, 4) is 5.75 Å². The predicted octanol–water partition coefficient (Wildman–Crippen LogP) is 2.09. The van der Waals surface area contributed by atoms with Crippen LogP contribution in [0.15, 0.2) is 28.0 Å². The Kier molecular flexibility index (Phi) is 2.43. The van der Waals surface area contributed by atoms with Gasteiger partial charge in [-0.3, -0.25) is 0 Å². The molecule has 58 valence electrons. The Hall–Kier alpha value is -1.10. The van der Waals surface area contributed by atoms with Gasteiger partial charge in [0.2, 0.25) is 0 Å². The van der Waals surface area contributed by atoms with Crippen molar-refractivity contribution in [2.75, 3.05) is 5.73 Å². The van der Waals surface area contributed by atoms with E-state index in [4.69, 9.17) is 5.73 Å². The first-order chi connectivity index (χ1) is 5.24. The van der Waals surface area contributed by atoms with Crippen molar-refractivity contribution >= 4 is 21.6 Å².